The van der Waals surface area contributed by atoms with E-state index in [9.17, 15) is 14.7 Å². The van der Waals surface area contributed by atoms with Gasteiger partial charge >= 0.3 is 5.97 Å². The maximum absolute atomic E-state index is 13.0. The molecule has 0 aromatic carbocycles. The second kappa shape index (κ2) is 8.37. The number of amides is 1. The molecule has 1 aliphatic heterocycles. The summed E-state index contributed by atoms with van der Waals surface area (Å²) in [5.74, 6) is -0.812. The van der Waals surface area contributed by atoms with Crippen molar-refractivity contribution in [2.75, 3.05) is 13.1 Å². The zero-order valence-corrected chi connectivity index (χ0v) is 19.0. The minimum atomic E-state index is -1.14. The van der Waals surface area contributed by atoms with Gasteiger partial charge in [-0.1, -0.05) is 29.6 Å². The van der Waals surface area contributed by atoms with Crippen LogP contribution in [0.2, 0.25) is 4.34 Å². The molecule has 1 N–H and O–H groups in total. The van der Waals surface area contributed by atoms with Crippen LogP contribution < -0.4 is 0 Å². The molecule has 1 aliphatic carbocycles. The molecule has 0 radical (unpaired) electrons. The highest BCUT2D eigenvalue weighted by Gasteiger charge is 2.38. The Bertz CT molecular complexity index is 1150. The number of hydrogen-bond donors (Lipinski definition) is 1. The number of carboxylic acids is 1. The highest BCUT2D eigenvalue weighted by molar-refractivity contribution is 7.19. The molecule has 2 aliphatic rings. The molecular formula is C22H23ClN4O4S. The van der Waals surface area contributed by atoms with Gasteiger partial charge in [0.2, 0.25) is 0 Å². The smallest absolute Gasteiger partial charge is 0.354 e. The molecule has 5 rings (SSSR count). The Morgan fingerprint density at radius 2 is 1.91 bits per heavy atom. The predicted octanol–water partition coefficient (Wildman–Crippen LogP) is 4.80. The molecule has 32 heavy (non-hydrogen) atoms. The molecule has 1 spiro atoms. The van der Waals surface area contributed by atoms with Gasteiger partial charge in [-0.2, -0.15) is 5.10 Å². The summed E-state index contributed by atoms with van der Waals surface area (Å²) in [5.41, 5.74) is 1.01. The van der Waals surface area contributed by atoms with Gasteiger partial charge in [-0.3, -0.25) is 9.48 Å². The van der Waals surface area contributed by atoms with Crippen LogP contribution in [0.5, 0.6) is 0 Å². The monoisotopic (exact) mass is 474 g/mol. The van der Waals surface area contributed by atoms with E-state index in [0.717, 1.165) is 17.7 Å². The minimum Gasteiger partial charge on any atom is -0.477 e. The summed E-state index contributed by atoms with van der Waals surface area (Å²) in [7, 11) is 0. The lowest BCUT2D eigenvalue weighted by Crippen LogP contribution is -2.42. The Hall–Kier alpha value is -2.65. The molecule has 0 bridgehead atoms. The van der Waals surface area contributed by atoms with Crippen molar-refractivity contribution in [3.05, 3.63) is 45.7 Å². The van der Waals surface area contributed by atoms with Gasteiger partial charge in [-0.15, -0.1) is 11.3 Å². The quantitative estimate of drug-likeness (QED) is 0.570. The predicted molar refractivity (Wildman–Crippen MR) is 119 cm³/mol. The summed E-state index contributed by atoms with van der Waals surface area (Å²) in [4.78, 5) is 27.5. The normalized spacial score (nSPS) is 17.8. The van der Waals surface area contributed by atoms with Gasteiger partial charge in [0.1, 0.15) is 11.4 Å². The number of carbonyl (C=O) groups excluding carboxylic acids is 1. The highest BCUT2D eigenvalue weighted by Crippen LogP contribution is 2.46. The van der Waals surface area contributed by atoms with Crippen LogP contribution in [0.25, 0.3) is 10.6 Å². The van der Waals surface area contributed by atoms with E-state index in [-0.39, 0.29) is 23.8 Å². The molecule has 8 nitrogen and oxygen atoms in total. The Labute approximate surface area is 193 Å². The van der Waals surface area contributed by atoms with E-state index in [4.69, 9.17) is 16.1 Å². The van der Waals surface area contributed by atoms with E-state index in [1.165, 1.54) is 47.8 Å². The Kier molecular flexibility index (Phi) is 5.54. The first-order chi connectivity index (χ1) is 15.4. The van der Waals surface area contributed by atoms with Crippen LogP contribution in [-0.4, -0.2) is 49.9 Å². The number of rotatable bonds is 5. The third kappa shape index (κ3) is 4.06. The standard InChI is InChI=1S/C22H23ClN4O4S/c23-19-4-3-18(32-19)17-11-14(25-31-17)13-27-16(21(29)30)12-15(24-27)20(28)26-9-7-22(8-10-26)5-1-2-6-22/h3-4,11-12H,1-2,5-10,13H2,(H,29,30). The third-order valence-corrected chi connectivity index (χ3v) is 7.93. The zero-order valence-electron chi connectivity index (χ0n) is 17.4. The second-order valence-electron chi connectivity index (χ2n) is 8.66. The van der Waals surface area contributed by atoms with Crippen LogP contribution in [0.15, 0.2) is 28.8 Å². The minimum absolute atomic E-state index is 0.0543. The summed E-state index contributed by atoms with van der Waals surface area (Å²) in [6.45, 7) is 1.48. The maximum Gasteiger partial charge on any atom is 0.354 e. The molecule has 168 valence electrons. The fourth-order valence-corrected chi connectivity index (χ4v) is 5.88. The van der Waals surface area contributed by atoms with Crippen LogP contribution >= 0.6 is 22.9 Å². The number of aromatic carboxylic acids is 1. The number of carbonyl (C=O) groups is 2. The first-order valence-corrected chi connectivity index (χ1v) is 11.9. The van der Waals surface area contributed by atoms with Crippen molar-refractivity contribution < 1.29 is 19.2 Å². The number of thiophene rings is 1. The third-order valence-electron chi connectivity index (χ3n) is 6.68. The number of nitrogens with zero attached hydrogens (tertiary/aromatic N) is 4. The molecule has 0 atom stereocenters. The molecule has 1 saturated heterocycles. The van der Waals surface area contributed by atoms with Crippen molar-refractivity contribution in [2.45, 2.75) is 45.1 Å². The van der Waals surface area contributed by atoms with Crippen LogP contribution in [0, 0.1) is 5.41 Å². The van der Waals surface area contributed by atoms with Gasteiger partial charge in [-0.05, 0) is 43.2 Å². The number of halogens is 1. The highest BCUT2D eigenvalue weighted by atomic mass is 35.5. The Balaban J connectivity index is 1.32. The van der Waals surface area contributed by atoms with Gasteiger partial charge < -0.3 is 14.5 Å². The number of carboxylic acid groups (broad SMARTS) is 1. The van der Waals surface area contributed by atoms with Crippen molar-refractivity contribution in [3.8, 4) is 10.6 Å². The van der Waals surface area contributed by atoms with Crippen LogP contribution in [0.3, 0.4) is 0 Å². The van der Waals surface area contributed by atoms with Gasteiger partial charge in [0.15, 0.2) is 11.5 Å². The summed E-state index contributed by atoms with van der Waals surface area (Å²) in [6.07, 6.45) is 7.10. The maximum atomic E-state index is 13.0. The molecule has 1 saturated carbocycles. The Morgan fingerprint density at radius 3 is 2.56 bits per heavy atom. The van der Waals surface area contributed by atoms with E-state index < -0.39 is 5.97 Å². The van der Waals surface area contributed by atoms with Crippen LogP contribution in [-0.2, 0) is 6.54 Å². The average molecular weight is 475 g/mol. The summed E-state index contributed by atoms with van der Waals surface area (Å²) < 4.78 is 7.30. The molecule has 0 unspecified atom stereocenters. The second-order valence-corrected chi connectivity index (χ2v) is 10.4. The topological polar surface area (TPSA) is 101 Å². The van der Waals surface area contributed by atoms with E-state index in [2.05, 4.69) is 10.3 Å². The lowest BCUT2D eigenvalue weighted by molar-refractivity contribution is 0.0580. The van der Waals surface area contributed by atoms with Gasteiger partial charge in [-0.25, -0.2) is 4.79 Å². The lowest BCUT2D eigenvalue weighted by atomic mass is 9.77. The molecule has 2 fully saturated rings. The van der Waals surface area contributed by atoms with Crippen molar-refractivity contribution in [1.29, 1.82) is 0 Å². The first kappa shape index (κ1) is 21.2. The van der Waals surface area contributed by atoms with E-state index in [1.54, 1.807) is 17.0 Å². The van der Waals surface area contributed by atoms with Gasteiger partial charge in [0, 0.05) is 25.2 Å². The van der Waals surface area contributed by atoms with E-state index in [1.807, 2.05) is 6.07 Å². The summed E-state index contributed by atoms with van der Waals surface area (Å²) in [6, 6.07) is 6.68. The molecule has 1 amide bonds. The number of aromatic nitrogens is 3. The summed E-state index contributed by atoms with van der Waals surface area (Å²) >= 11 is 7.34. The fourth-order valence-electron chi connectivity index (χ4n) is 4.89. The van der Waals surface area contributed by atoms with Gasteiger partial charge in [0.05, 0.1) is 15.8 Å². The van der Waals surface area contributed by atoms with E-state index >= 15 is 0 Å². The van der Waals surface area contributed by atoms with E-state index in [0.29, 0.717) is 34.3 Å². The average Bonchev–Trinajstić information content (AvgIpc) is 3.56. The summed E-state index contributed by atoms with van der Waals surface area (Å²) in [5, 5.41) is 18.0. The number of likely N-dealkylation sites (tertiary alicyclic amines) is 1. The van der Waals surface area contributed by atoms with Crippen molar-refractivity contribution in [2.24, 2.45) is 5.41 Å². The Morgan fingerprint density at radius 1 is 1.16 bits per heavy atom. The van der Waals surface area contributed by atoms with Crippen molar-refractivity contribution in [3.63, 3.8) is 0 Å². The largest absolute Gasteiger partial charge is 0.477 e. The number of hydrogen-bond acceptors (Lipinski definition) is 6. The molecule has 3 aromatic rings. The molecular weight excluding hydrogens is 452 g/mol. The number of piperidine rings is 1. The molecule has 3 aromatic heterocycles. The van der Waals surface area contributed by atoms with Crippen LogP contribution in [0.4, 0.5) is 0 Å². The SMILES string of the molecule is O=C(O)c1cc(C(=O)N2CCC3(CCCC3)CC2)nn1Cc1cc(-c2ccc(Cl)s2)on1. The van der Waals surface area contributed by atoms with Gasteiger partial charge in [0.25, 0.3) is 5.91 Å². The molecule has 10 heteroatoms. The van der Waals surface area contributed by atoms with Crippen molar-refractivity contribution >= 4 is 34.8 Å². The molecule has 4 heterocycles. The first-order valence-electron chi connectivity index (χ1n) is 10.7. The lowest BCUT2D eigenvalue weighted by Gasteiger charge is -2.39. The van der Waals surface area contributed by atoms with Crippen molar-refractivity contribution in [1.82, 2.24) is 19.8 Å². The fraction of sp³-hybridized carbons (Fsp3) is 0.455. The van der Waals surface area contributed by atoms with Crippen LogP contribution in [0.1, 0.15) is 65.2 Å². The zero-order chi connectivity index (χ0) is 22.3.